The zero-order valence-electron chi connectivity index (χ0n) is 15.8. The van der Waals surface area contributed by atoms with Gasteiger partial charge in [-0.3, -0.25) is 4.21 Å². The molecule has 31 heavy (non-hydrogen) atoms. The summed E-state index contributed by atoms with van der Waals surface area (Å²) in [5, 5.41) is 13.1. The van der Waals surface area contributed by atoms with E-state index in [1.165, 1.54) is 0 Å². The van der Waals surface area contributed by atoms with E-state index in [1.807, 2.05) is 0 Å². The maximum absolute atomic E-state index is 13.1. The summed E-state index contributed by atoms with van der Waals surface area (Å²) in [5.74, 6) is -0.579. The van der Waals surface area contributed by atoms with Gasteiger partial charge in [-0.1, -0.05) is 11.6 Å². The zero-order chi connectivity index (χ0) is 22.2. The molecule has 1 saturated heterocycles. The highest BCUT2D eigenvalue weighted by atomic mass is 35.5. The Labute approximate surface area is 182 Å². The molecule has 7 nitrogen and oxygen atoms in total. The number of anilines is 1. The molecular weight excluding hydrogens is 453 g/mol. The van der Waals surface area contributed by atoms with Gasteiger partial charge in [0.05, 0.1) is 31.7 Å². The van der Waals surface area contributed by atoms with Crippen molar-refractivity contribution in [3.05, 3.63) is 59.3 Å². The molecule has 1 aromatic carbocycles. The summed E-state index contributed by atoms with van der Waals surface area (Å²) in [6.45, 7) is 0.557. The van der Waals surface area contributed by atoms with Crippen LogP contribution in [0.3, 0.4) is 0 Å². The Morgan fingerprint density at radius 1 is 1.26 bits per heavy atom. The molecule has 4 rings (SSSR count). The van der Waals surface area contributed by atoms with Crippen LogP contribution in [0.4, 0.5) is 19.0 Å². The molecule has 3 heterocycles. The van der Waals surface area contributed by atoms with Crippen molar-refractivity contribution in [1.82, 2.24) is 19.7 Å². The Kier molecular flexibility index (Phi) is 5.68. The first-order chi connectivity index (χ1) is 14.8. The van der Waals surface area contributed by atoms with Gasteiger partial charge in [0.1, 0.15) is 11.9 Å². The molecule has 3 aromatic rings. The first-order valence-corrected chi connectivity index (χ1v) is 10.7. The summed E-state index contributed by atoms with van der Waals surface area (Å²) in [5.41, 5.74) is -0.468. The van der Waals surface area contributed by atoms with E-state index in [0.717, 1.165) is 6.07 Å². The average Bonchev–Trinajstić information content (AvgIpc) is 3.44. The molecule has 0 bridgehead atoms. The van der Waals surface area contributed by atoms with Gasteiger partial charge in [-0.05, 0) is 30.7 Å². The minimum absolute atomic E-state index is 0.0153. The second kappa shape index (κ2) is 8.28. The number of alkyl halides is 3. The number of rotatable bonds is 4. The quantitative estimate of drug-likeness (QED) is 0.584. The molecule has 1 aliphatic heterocycles. The van der Waals surface area contributed by atoms with Gasteiger partial charge in [-0.15, -0.1) is 0 Å². The molecule has 1 fully saturated rings. The largest absolute Gasteiger partial charge is 0.433 e. The van der Waals surface area contributed by atoms with Crippen LogP contribution in [0.15, 0.2) is 47.6 Å². The minimum Gasteiger partial charge on any atom is -0.355 e. The first-order valence-electron chi connectivity index (χ1n) is 9.08. The number of aromatic nitrogens is 4. The Hall–Kier alpha value is -2.97. The smallest absolute Gasteiger partial charge is 0.355 e. The molecule has 2 atom stereocenters. The fourth-order valence-electron chi connectivity index (χ4n) is 3.30. The number of hydrogen-bond donors (Lipinski definition) is 0. The fraction of sp³-hybridized carbons (Fsp3) is 0.263. The van der Waals surface area contributed by atoms with Gasteiger partial charge in [0.15, 0.2) is 5.69 Å². The van der Waals surface area contributed by atoms with E-state index in [2.05, 4.69) is 15.1 Å². The van der Waals surface area contributed by atoms with Gasteiger partial charge >= 0.3 is 6.18 Å². The molecule has 0 radical (unpaired) electrons. The lowest BCUT2D eigenvalue weighted by Crippen LogP contribution is -2.26. The molecule has 12 heteroatoms. The van der Waals surface area contributed by atoms with E-state index in [0.29, 0.717) is 28.6 Å². The Morgan fingerprint density at radius 2 is 2.06 bits per heavy atom. The maximum atomic E-state index is 13.1. The lowest BCUT2D eigenvalue weighted by molar-refractivity contribution is -0.141. The van der Waals surface area contributed by atoms with Crippen LogP contribution in [0.2, 0.25) is 5.02 Å². The second-order valence-corrected chi connectivity index (χ2v) is 8.87. The van der Waals surface area contributed by atoms with E-state index in [1.54, 1.807) is 52.3 Å². The van der Waals surface area contributed by atoms with E-state index in [9.17, 15) is 17.4 Å². The zero-order valence-corrected chi connectivity index (χ0v) is 17.3. The number of halogens is 4. The molecule has 0 amide bonds. The van der Waals surface area contributed by atoms with Crippen molar-refractivity contribution in [3.8, 4) is 11.8 Å². The summed E-state index contributed by atoms with van der Waals surface area (Å²) in [7, 11) is -1.48. The minimum atomic E-state index is -4.70. The van der Waals surface area contributed by atoms with Crippen molar-refractivity contribution < 1.29 is 17.4 Å². The maximum Gasteiger partial charge on any atom is 0.433 e. The highest BCUT2D eigenvalue weighted by Gasteiger charge is 2.36. The average molecular weight is 467 g/mol. The van der Waals surface area contributed by atoms with Gasteiger partial charge < -0.3 is 4.90 Å². The predicted molar refractivity (Wildman–Crippen MR) is 107 cm³/mol. The molecule has 2 aromatic heterocycles. The van der Waals surface area contributed by atoms with Crippen LogP contribution in [0.5, 0.6) is 0 Å². The lowest BCUT2D eigenvalue weighted by Gasteiger charge is -2.19. The third-order valence-corrected chi connectivity index (χ3v) is 6.98. The summed E-state index contributed by atoms with van der Waals surface area (Å²) in [4.78, 5) is 9.14. The summed E-state index contributed by atoms with van der Waals surface area (Å²) < 4.78 is 54.0. The summed E-state index contributed by atoms with van der Waals surface area (Å²) in [6, 6.07) is 9.20. The third kappa shape index (κ3) is 4.40. The Balaban J connectivity index is 1.54. The van der Waals surface area contributed by atoms with Crippen molar-refractivity contribution in [2.24, 2.45) is 0 Å². The lowest BCUT2D eigenvalue weighted by atomic mass is 10.3. The molecular formula is C19H14ClF3N6OS. The number of hydrogen-bond acceptors (Lipinski definition) is 6. The predicted octanol–water partition coefficient (Wildman–Crippen LogP) is 3.59. The topological polar surface area (TPSA) is 87.7 Å². The summed E-state index contributed by atoms with van der Waals surface area (Å²) >= 11 is 6.35. The SMILES string of the molecule is N#Cc1nc(N2CC[C@H](S(=O)c3ccc(-n4cccn4)cc3Cl)C2)cc(C(F)(F)F)n1. The highest BCUT2D eigenvalue weighted by Crippen LogP contribution is 2.32. The van der Waals surface area contributed by atoms with Gasteiger partial charge in [0, 0.05) is 31.5 Å². The van der Waals surface area contributed by atoms with Crippen LogP contribution in [0.25, 0.3) is 5.69 Å². The van der Waals surface area contributed by atoms with E-state index < -0.39 is 28.5 Å². The van der Waals surface area contributed by atoms with Crippen molar-refractivity contribution in [2.75, 3.05) is 18.0 Å². The van der Waals surface area contributed by atoms with Gasteiger partial charge in [0.25, 0.3) is 0 Å². The Bertz CT molecular complexity index is 1180. The van der Waals surface area contributed by atoms with E-state index in [4.69, 9.17) is 16.9 Å². The third-order valence-electron chi connectivity index (χ3n) is 4.78. The van der Waals surface area contributed by atoms with Crippen LogP contribution >= 0.6 is 11.6 Å². The van der Waals surface area contributed by atoms with Crippen molar-refractivity contribution in [2.45, 2.75) is 22.7 Å². The first kappa shape index (κ1) is 21.3. The molecule has 160 valence electrons. The Morgan fingerprint density at radius 3 is 2.71 bits per heavy atom. The molecule has 0 N–H and O–H groups in total. The van der Waals surface area contributed by atoms with Crippen LogP contribution in [0.1, 0.15) is 17.9 Å². The molecule has 1 aliphatic rings. The van der Waals surface area contributed by atoms with Crippen molar-refractivity contribution in [1.29, 1.82) is 5.26 Å². The van der Waals surface area contributed by atoms with Crippen LogP contribution in [-0.4, -0.2) is 42.3 Å². The monoisotopic (exact) mass is 466 g/mol. The molecule has 0 spiro atoms. The van der Waals surface area contributed by atoms with Crippen LogP contribution < -0.4 is 4.90 Å². The highest BCUT2D eigenvalue weighted by molar-refractivity contribution is 7.85. The summed E-state index contributed by atoms with van der Waals surface area (Å²) in [6.07, 6.45) is -0.849. The van der Waals surface area contributed by atoms with Crippen LogP contribution in [0, 0.1) is 11.3 Å². The van der Waals surface area contributed by atoms with Gasteiger partial charge in [-0.2, -0.15) is 23.5 Å². The number of nitriles is 1. The number of nitrogens with zero attached hydrogens (tertiary/aromatic N) is 6. The van der Waals surface area contributed by atoms with Crippen molar-refractivity contribution >= 4 is 28.2 Å². The normalized spacial score (nSPS) is 17.5. The fourth-order valence-corrected chi connectivity index (χ4v) is 5.15. The van der Waals surface area contributed by atoms with Crippen LogP contribution in [-0.2, 0) is 17.0 Å². The van der Waals surface area contributed by atoms with Crippen molar-refractivity contribution in [3.63, 3.8) is 0 Å². The van der Waals surface area contributed by atoms with E-state index >= 15 is 0 Å². The molecule has 1 unspecified atom stereocenters. The van der Waals surface area contributed by atoms with Gasteiger partial charge in [0.2, 0.25) is 5.82 Å². The standard InChI is InChI=1S/C19H14ClF3N6OS/c20-14-8-12(29-6-1-5-25-29)2-3-15(14)31(30)13-4-7-28(11-13)18-9-16(19(21,22)23)26-17(10-24)27-18/h1-3,5-6,8-9,13H,4,7,11H2/t13-,31?/m0/s1. The molecule has 0 aliphatic carbocycles. The second-order valence-electron chi connectivity index (χ2n) is 6.76. The van der Waals surface area contributed by atoms with Gasteiger partial charge in [-0.25, -0.2) is 14.6 Å². The molecule has 0 saturated carbocycles. The van der Waals surface area contributed by atoms with E-state index in [-0.39, 0.29) is 17.6 Å². The number of benzene rings is 1.